The largest absolute Gasteiger partial charge is 0.334 e. The molecule has 0 bridgehead atoms. The van der Waals surface area contributed by atoms with Crippen molar-refractivity contribution < 1.29 is 0 Å². The second-order valence-electron chi connectivity index (χ2n) is 6.63. The average Bonchev–Trinajstić information content (AvgIpc) is 2.87. The summed E-state index contributed by atoms with van der Waals surface area (Å²) in [6.07, 6.45) is 7.93. The molecular weight excluding hydrogens is 248 g/mol. The van der Waals surface area contributed by atoms with Gasteiger partial charge in [-0.2, -0.15) is 0 Å². The van der Waals surface area contributed by atoms with Crippen LogP contribution in [0.1, 0.15) is 44.7 Å². The van der Waals surface area contributed by atoms with Crippen molar-refractivity contribution in [2.45, 2.75) is 45.6 Å². The van der Waals surface area contributed by atoms with E-state index >= 15 is 0 Å². The molecule has 0 saturated carbocycles. The van der Waals surface area contributed by atoms with E-state index in [0.29, 0.717) is 18.4 Å². The molecule has 2 rings (SSSR count). The molecule has 2 heterocycles. The lowest BCUT2D eigenvalue weighted by atomic mass is 9.92. The highest BCUT2D eigenvalue weighted by Gasteiger charge is 2.20. The van der Waals surface area contributed by atoms with E-state index in [1.807, 2.05) is 12.5 Å². The van der Waals surface area contributed by atoms with Crippen molar-refractivity contribution in [3.8, 4) is 0 Å². The molecule has 1 fully saturated rings. The van der Waals surface area contributed by atoms with Crippen molar-refractivity contribution in [1.29, 1.82) is 0 Å². The zero-order valence-corrected chi connectivity index (χ0v) is 13.3. The molecule has 2 N–H and O–H groups in total. The molecule has 1 unspecified atom stereocenters. The number of rotatable bonds is 6. The first-order valence-corrected chi connectivity index (χ1v) is 8.00. The molecule has 0 radical (unpaired) electrons. The molecule has 4 heteroatoms. The standard InChI is InChI=1S/C16H30N4/c1-13(2)15(10-17)16-11-18-12-20(16)9-6-14-4-7-19(3)8-5-14/h11-15H,4-10,17H2,1-3H3. The van der Waals surface area contributed by atoms with Gasteiger partial charge in [-0.1, -0.05) is 13.8 Å². The Morgan fingerprint density at radius 3 is 2.65 bits per heavy atom. The highest BCUT2D eigenvalue weighted by atomic mass is 15.1. The molecule has 1 saturated heterocycles. The van der Waals surface area contributed by atoms with Gasteiger partial charge < -0.3 is 15.2 Å². The van der Waals surface area contributed by atoms with Gasteiger partial charge in [0.15, 0.2) is 0 Å². The average molecular weight is 278 g/mol. The van der Waals surface area contributed by atoms with Crippen LogP contribution < -0.4 is 5.73 Å². The Balaban J connectivity index is 1.92. The fourth-order valence-corrected chi connectivity index (χ4v) is 3.23. The van der Waals surface area contributed by atoms with E-state index in [4.69, 9.17) is 5.73 Å². The van der Waals surface area contributed by atoms with Gasteiger partial charge in [0.05, 0.1) is 6.33 Å². The lowest BCUT2D eigenvalue weighted by molar-refractivity contribution is 0.207. The highest BCUT2D eigenvalue weighted by Crippen LogP contribution is 2.25. The minimum Gasteiger partial charge on any atom is -0.334 e. The van der Waals surface area contributed by atoms with Crippen molar-refractivity contribution in [2.24, 2.45) is 17.6 Å². The third-order valence-electron chi connectivity index (χ3n) is 4.80. The summed E-state index contributed by atoms with van der Waals surface area (Å²) >= 11 is 0. The van der Waals surface area contributed by atoms with Crippen LogP contribution in [0.15, 0.2) is 12.5 Å². The van der Waals surface area contributed by atoms with E-state index < -0.39 is 0 Å². The fraction of sp³-hybridized carbons (Fsp3) is 0.812. The third-order valence-corrected chi connectivity index (χ3v) is 4.80. The van der Waals surface area contributed by atoms with Gasteiger partial charge in [-0.05, 0) is 51.2 Å². The van der Waals surface area contributed by atoms with Gasteiger partial charge in [-0.3, -0.25) is 0 Å². The number of hydrogen-bond acceptors (Lipinski definition) is 3. The fourth-order valence-electron chi connectivity index (χ4n) is 3.23. The van der Waals surface area contributed by atoms with Crippen LogP contribution in [0.25, 0.3) is 0 Å². The van der Waals surface area contributed by atoms with Crippen molar-refractivity contribution in [2.75, 3.05) is 26.7 Å². The predicted molar refractivity (Wildman–Crippen MR) is 83.7 cm³/mol. The molecule has 1 aromatic heterocycles. The number of piperidine rings is 1. The van der Waals surface area contributed by atoms with Crippen molar-refractivity contribution in [3.05, 3.63) is 18.2 Å². The van der Waals surface area contributed by atoms with Crippen LogP contribution in [0.5, 0.6) is 0 Å². The van der Waals surface area contributed by atoms with Gasteiger partial charge in [0.1, 0.15) is 0 Å². The molecule has 1 atom stereocenters. The van der Waals surface area contributed by atoms with Gasteiger partial charge in [-0.25, -0.2) is 4.98 Å². The molecular formula is C16H30N4. The van der Waals surface area contributed by atoms with Crippen LogP contribution in [0.3, 0.4) is 0 Å². The second kappa shape index (κ2) is 7.23. The summed E-state index contributed by atoms with van der Waals surface area (Å²) in [6.45, 7) is 8.78. The first-order valence-electron chi connectivity index (χ1n) is 8.00. The smallest absolute Gasteiger partial charge is 0.0948 e. The van der Waals surface area contributed by atoms with Crippen LogP contribution >= 0.6 is 0 Å². The monoisotopic (exact) mass is 278 g/mol. The van der Waals surface area contributed by atoms with E-state index in [1.165, 1.54) is 38.0 Å². The Hall–Kier alpha value is -0.870. The number of hydrogen-bond donors (Lipinski definition) is 1. The molecule has 1 aromatic rings. The molecule has 0 spiro atoms. The SMILES string of the molecule is CC(C)C(CN)c1cncn1CCC1CCN(C)CC1. The van der Waals surface area contributed by atoms with E-state index in [9.17, 15) is 0 Å². The second-order valence-corrected chi connectivity index (χ2v) is 6.63. The molecule has 0 aromatic carbocycles. The zero-order chi connectivity index (χ0) is 14.5. The Kier molecular flexibility index (Phi) is 5.61. The minimum absolute atomic E-state index is 0.426. The summed E-state index contributed by atoms with van der Waals surface area (Å²) in [5.74, 6) is 1.87. The predicted octanol–water partition coefficient (Wildman–Crippen LogP) is 2.31. The first kappa shape index (κ1) is 15.5. The molecule has 4 nitrogen and oxygen atoms in total. The molecule has 0 aliphatic carbocycles. The number of aromatic nitrogens is 2. The Morgan fingerprint density at radius 2 is 2.05 bits per heavy atom. The number of imidazole rings is 1. The molecule has 1 aliphatic heterocycles. The van der Waals surface area contributed by atoms with Gasteiger partial charge in [0.25, 0.3) is 0 Å². The number of aryl methyl sites for hydroxylation is 1. The van der Waals surface area contributed by atoms with Crippen LogP contribution in [0, 0.1) is 11.8 Å². The van der Waals surface area contributed by atoms with Crippen LogP contribution in [0.4, 0.5) is 0 Å². The van der Waals surface area contributed by atoms with Crippen LogP contribution in [0.2, 0.25) is 0 Å². The molecule has 114 valence electrons. The van der Waals surface area contributed by atoms with Gasteiger partial charge in [0.2, 0.25) is 0 Å². The Morgan fingerprint density at radius 1 is 1.35 bits per heavy atom. The van der Waals surface area contributed by atoms with Crippen molar-refractivity contribution in [3.63, 3.8) is 0 Å². The Labute approximate surface area is 123 Å². The van der Waals surface area contributed by atoms with E-state index in [0.717, 1.165) is 12.5 Å². The van der Waals surface area contributed by atoms with E-state index in [-0.39, 0.29) is 0 Å². The van der Waals surface area contributed by atoms with Gasteiger partial charge in [0, 0.05) is 30.9 Å². The van der Waals surface area contributed by atoms with E-state index in [1.54, 1.807) is 0 Å². The number of nitrogens with zero attached hydrogens (tertiary/aromatic N) is 3. The normalized spacial score (nSPS) is 19.6. The van der Waals surface area contributed by atoms with Crippen molar-refractivity contribution >= 4 is 0 Å². The highest BCUT2D eigenvalue weighted by molar-refractivity contribution is 5.08. The summed E-state index contributed by atoms with van der Waals surface area (Å²) < 4.78 is 2.33. The van der Waals surface area contributed by atoms with Crippen LogP contribution in [-0.4, -0.2) is 41.1 Å². The summed E-state index contributed by atoms with van der Waals surface area (Å²) in [4.78, 5) is 6.78. The first-order chi connectivity index (χ1) is 9.61. The quantitative estimate of drug-likeness (QED) is 0.868. The summed E-state index contributed by atoms with van der Waals surface area (Å²) in [6, 6.07) is 0. The van der Waals surface area contributed by atoms with Crippen LogP contribution in [-0.2, 0) is 6.54 Å². The topological polar surface area (TPSA) is 47.1 Å². The maximum Gasteiger partial charge on any atom is 0.0948 e. The van der Waals surface area contributed by atoms with Gasteiger partial charge >= 0.3 is 0 Å². The van der Waals surface area contributed by atoms with Crippen molar-refractivity contribution in [1.82, 2.24) is 14.5 Å². The molecule has 20 heavy (non-hydrogen) atoms. The maximum atomic E-state index is 5.94. The maximum absolute atomic E-state index is 5.94. The minimum atomic E-state index is 0.426. The molecule has 1 aliphatic rings. The summed E-state index contributed by atoms with van der Waals surface area (Å²) in [5, 5.41) is 0. The lowest BCUT2D eigenvalue weighted by Gasteiger charge is -2.29. The summed E-state index contributed by atoms with van der Waals surface area (Å²) in [7, 11) is 2.22. The Bertz CT molecular complexity index is 391. The molecule has 0 amide bonds. The summed E-state index contributed by atoms with van der Waals surface area (Å²) in [5.41, 5.74) is 7.26. The zero-order valence-electron chi connectivity index (χ0n) is 13.3. The van der Waals surface area contributed by atoms with E-state index in [2.05, 4.69) is 35.3 Å². The third kappa shape index (κ3) is 3.83. The lowest BCUT2D eigenvalue weighted by Crippen LogP contribution is -2.30. The van der Waals surface area contributed by atoms with Gasteiger partial charge in [-0.15, -0.1) is 0 Å². The number of likely N-dealkylation sites (tertiary alicyclic amines) is 1. The number of nitrogens with two attached hydrogens (primary N) is 1.